The number of nitrogens with two attached hydrogens (primary N) is 1. The van der Waals surface area contributed by atoms with E-state index in [1.165, 1.54) is 0 Å². The van der Waals surface area contributed by atoms with Gasteiger partial charge in [0.15, 0.2) is 0 Å². The van der Waals surface area contributed by atoms with Crippen molar-refractivity contribution in [3.63, 3.8) is 0 Å². The summed E-state index contributed by atoms with van der Waals surface area (Å²) in [4.78, 5) is 0. The minimum Gasteiger partial charge on any atom is -0.474 e. The molecule has 0 spiro atoms. The fourth-order valence-corrected chi connectivity index (χ4v) is 2.09. The van der Waals surface area contributed by atoms with Crippen molar-refractivity contribution in [2.24, 2.45) is 7.05 Å². The van der Waals surface area contributed by atoms with Gasteiger partial charge in [-0.3, -0.25) is 0 Å². The predicted molar refractivity (Wildman–Crippen MR) is 66.2 cm³/mol. The number of hydrogen-bond donors (Lipinski definition) is 1. The summed E-state index contributed by atoms with van der Waals surface area (Å²) >= 11 is 0. The lowest BCUT2D eigenvalue weighted by Gasteiger charge is -2.11. The van der Waals surface area contributed by atoms with E-state index in [4.69, 9.17) is 15.2 Å². The first-order valence-corrected chi connectivity index (χ1v) is 6.16. The Morgan fingerprint density at radius 3 is 2.88 bits per heavy atom. The second-order valence-electron chi connectivity index (χ2n) is 4.83. The Labute approximate surface area is 102 Å². The van der Waals surface area contributed by atoms with Gasteiger partial charge >= 0.3 is 0 Å². The van der Waals surface area contributed by atoms with Crippen LogP contribution in [0.25, 0.3) is 0 Å². The molecule has 5 nitrogen and oxygen atoms in total. The van der Waals surface area contributed by atoms with Crippen molar-refractivity contribution < 1.29 is 9.47 Å². The zero-order valence-corrected chi connectivity index (χ0v) is 10.8. The van der Waals surface area contributed by atoms with E-state index < -0.39 is 0 Å². The highest BCUT2D eigenvalue weighted by Crippen LogP contribution is 2.30. The first-order chi connectivity index (χ1) is 8.09. The maximum Gasteiger partial charge on any atom is 0.235 e. The van der Waals surface area contributed by atoms with Gasteiger partial charge in [0.25, 0.3) is 0 Å². The molecule has 1 saturated heterocycles. The van der Waals surface area contributed by atoms with Crippen LogP contribution in [0.3, 0.4) is 0 Å². The molecule has 1 atom stereocenters. The van der Waals surface area contributed by atoms with E-state index in [-0.39, 0.29) is 6.10 Å². The SMILES string of the molecule is CC(C)c1nn(C)c(OCC2CCCO2)c1N. The second kappa shape index (κ2) is 4.96. The van der Waals surface area contributed by atoms with E-state index in [2.05, 4.69) is 18.9 Å². The number of rotatable bonds is 4. The van der Waals surface area contributed by atoms with E-state index in [0.29, 0.717) is 24.1 Å². The topological polar surface area (TPSA) is 62.3 Å². The summed E-state index contributed by atoms with van der Waals surface area (Å²) < 4.78 is 13.0. The lowest BCUT2D eigenvalue weighted by atomic mass is 10.1. The van der Waals surface area contributed by atoms with Gasteiger partial charge in [0, 0.05) is 13.7 Å². The van der Waals surface area contributed by atoms with Crippen LogP contribution in [0.5, 0.6) is 5.88 Å². The lowest BCUT2D eigenvalue weighted by Crippen LogP contribution is -2.17. The Morgan fingerprint density at radius 2 is 2.35 bits per heavy atom. The third-order valence-electron chi connectivity index (χ3n) is 3.03. The molecule has 1 unspecified atom stereocenters. The normalized spacial score (nSPS) is 20.1. The molecule has 0 saturated carbocycles. The van der Waals surface area contributed by atoms with Crippen molar-refractivity contribution >= 4 is 5.69 Å². The van der Waals surface area contributed by atoms with E-state index in [0.717, 1.165) is 25.1 Å². The molecule has 96 valence electrons. The molecule has 0 aliphatic carbocycles. The van der Waals surface area contributed by atoms with E-state index >= 15 is 0 Å². The molecule has 1 aromatic rings. The molecule has 0 amide bonds. The number of ether oxygens (including phenoxy) is 2. The van der Waals surface area contributed by atoms with Crippen molar-refractivity contribution in [3.8, 4) is 5.88 Å². The minimum atomic E-state index is 0.201. The van der Waals surface area contributed by atoms with Crippen molar-refractivity contribution in [2.75, 3.05) is 18.9 Å². The molecule has 2 heterocycles. The summed E-state index contributed by atoms with van der Waals surface area (Å²) in [7, 11) is 1.85. The number of hydrogen-bond acceptors (Lipinski definition) is 4. The minimum absolute atomic E-state index is 0.201. The fourth-order valence-electron chi connectivity index (χ4n) is 2.09. The van der Waals surface area contributed by atoms with Crippen LogP contribution in [0.2, 0.25) is 0 Å². The van der Waals surface area contributed by atoms with Crippen LogP contribution in [0.4, 0.5) is 5.69 Å². The quantitative estimate of drug-likeness (QED) is 0.868. The van der Waals surface area contributed by atoms with Crippen LogP contribution in [-0.2, 0) is 11.8 Å². The van der Waals surface area contributed by atoms with E-state index in [9.17, 15) is 0 Å². The molecule has 1 aliphatic rings. The highest BCUT2D eigenvalue weighted by atomic mass is 16.5. The number of aryl methyl sites for hydroxylation is 1. The fraction of sp³-hybridized carbons (Fsp3) is 0.750. The summed E-state index contributed by atoms with van der Waals surface area (Å²) in [5.74, 6) is 0.963. The van der Waals surface area contributed by atoms with E-state index in [1.807, 2.05) is 7.05 Å². The molecular formula is C12H21N3O2. The Kier molecular flexibility index (Phi) is 3.57. The van der Waals surface area contributed by atoms with Gasteiger partial charge in [-0.25, -0.2) is 4.68 Å². The zero-order chi connectivity index (χ0) is 12.4. The van der Waals surface area contributed by atoms with Gasteiger partial charge in [-0.2, -0.15) is 5.10 Å². The van der Waals surface area contributed by atoms with E-state index in [1.54, 1.807) is 4.68 Å². The van der Waals surface area contributed by atoms with Crippen molar-refractivity contribution in [1.82, 2.24) is 9.78 Å². The van der Waals surface area contributed by atoms with Gasteiger partial charge in [-0.1, -0.05) is 13.8 Å². The van der Waals surface area contributed by atoms with Gasteiger partial charge in [0.05, 0.1) is 11.8 Å². The van der Waals surface area contributed by atoms with Crippen LogP contribution in [-0.4, -0.2) is 29.1 Å². The van der Waals surface area contributed by atoms with Crippen LogP contribution in [0.1, 0.15) is 38.3 Å². The summed E-state index contributed by atoms with van der Waals surface area (Å²) in [6, 6.07) is 0. The standard InChI is InChI=1S/C12H21N3O2/c1-8(2)11-10(13)12(15(3)14-11)17-7-9-5-4-6-16-9/h8-9H,4-7,13H2,1-3H3. The Bertz CT molecular complexity index is 381. The molecule has 2 N–H and O–H groups in total. The third-order valence-corrected chi connectivity index (χ3v) is 3.03. The largest absolute Gasteiger partial charge is 0.474 e. The predicted octanol–water partition coefficient (Wildman–Crippen LogP) is 1.68. The highest BCUT2D eigenvalue weighted by molar-refractivity contribution is 5.54. The second-order valence-corrected chi connectivity index (χ2v) is 4.83. The molecule has 17 heavy (non-hydrogen) atoms. The Morgan fingerprint density at radius 1 is 1.59 bits per heavy atom. The summed E-state index contributed by atoms with van der Waals surface area (Å²) in [6.07, 6.45) is 2.38. The monoisotopic (exact) mass is 239 g/mol. The van der Waals surface area contributed by atoms with Crippen LogP contribution in [0.15, 0.2) is 0 Å². The Hall–Kier alpha value is -1.23. The van der Waals surface area contributed by atoms with Crippen LogP contribution in [0, 0.1) is 0 Å². The van der Waals surface area contributed by atoms with Gasteiger partial charge < -0.3 is 15.2 Å². The van der Waals surface area contributed by atoms with Gasteiger partial charge in [0.2, 0.25) is 5.88 Å². The molecule has 1 fully saturated rings. The summed E-state index contributed by atoms with van der Waals surface area (Å²) in [6.45, 7) is 5.54. The maximum atomic E-state index is 6.04. The molecule has 0 radical (unpaired) electrons. The van der Waals surface area contributed by atoms with Gasteiger partial charge in [0.1, 0.15) is 12.3 Å². The molecule has 2 rings (SSSR count). The van der Waals surface area contributed by atoms with Crippen molar-refractivity contribution in [1.29, 1.82) is 0 Å². The summed E-state index contributed by atoms with van der Waals surface area (Å²) in [5.41, 5.74) is 7.59. The first kappa shape index (κ1) is 12.2. The molecule has 0 aromatic carbocycles. The molecule has 5 heteroatoms. The van der Waals surface area contributed by atoms with Crippen molar-refractivity contribution in [2.45, 2.75) is 38.7 Å². The first-order valence-electron chi connectivity index (χ1n) is 6.16. The number of aromatic nitrogens is 2. The maximum absolute atomic E-state index is 6.04. The smallest absolute Gasteiger partial charge is 0.235 e. The number of nitrogen functional groups attached to an aromatic ring is 1. The molecule has 1 aromatic heterocycles. The third kappa shape index (κ3) is 2.54. The average molecular weight is 239 g/mol. The molecule has 0 bridgehead atoms. The number of nitrogens with zero attached hydrogens (tertiary/aromatic N) is 2. The molecule has 1 aliphatic heterocycles. The zero-order valence-electron chi connectivity index (χ0n) is 10.8. The van der Waals surface area contributed by atoms with Gasteiger partial charge in [-0.05, 0) is 18.8 Å². The van der Waals surface area contributed by atoms with Gasteiger partial charge in [-0.15, -0.1) is 0 Å². The average Bonchev–Trinajstić information content (AvgIpc) is 2.86. The summed E-state index contributed by atoms with van der Waals surface area (Å²) in [5, 5.41) is 4.38. The van der Waals surface area contributed by atoms with Crippen LogP contribution >= 0.6 is 0 Å². The molecular weight excluding hydrogens is 218 g/mol. The lowest BCUT2D eigenvalue weighted by molar-refractivity contribution is 0.0651. The van der Waals surface area contributed by atoms with Crippen LogP contribution < -0.4 is 10.5 Å². The highest BCUT2D eigenvalue weighted by Gasteiger charge is 2.20. The number of anilines is 1. The Balaban J connectivity index is 2.04. The van der Waals surface area contributed by atoms with Crippen molar-refractivity contribution in [3.05, 3.63) is 5.69 Å².